The highest BCUT2D eigenvalue weighted by atomic mass is 19.2. The lowest BCUT2D eigenvalue weighted by atomic mass is 10.1. The van der Waals surface area contributed by atoms with Crippen molar-refractivity contribution in [2.45, 2.75) is 19.3 Å². The Hall–Kier alpha value is -1.45. The Morgan fingerprint density at radius 2 is 2.07 bits per heavy atom. The van der Waals surface area contributed by atoms with Crippen LogP contribution in [0, 0.1) is 11.6 Å². The molecule has 0 bridgehead atoms. The Labute approximate surface area is 87.0 Å². The number of aliphatic imine (C=N–C) groups is 1. The SMILES string of the molecule is Fc1cccc(NC2=NCCCC2)c1F. The van der Waals surface area contributed by atoms with Gasteiger partial charge in [0, 0.05) is 13.0 Å². The van der Waals surface area contributed by atoms with Crippen molar-refractivity contribution in [3.05, 3.63) is 29.8 Å². The van der Waals surface area contributed by atoms with Crippen LogP contribution in [0.25, 0.3) is 0 Å². The van der Waals surface area contributed by atoms with Gasteiger partial charge in [-0.1, -0.05) is 6.07 Å². The van der Waals surface area contributed by atoms with Gasteiger partial charge in [-0.05, 0) is 25.0 Å². The summed E-state index contributed by atoms with van der Waals surface area (Å²) in [6, 6.07) is 4.09. The molecule has 2 rings (SSSR count). The van der Waals surface area contributed by atoms with E-state index in [4.69, 9.17) is 0 Å². The number of rotatable bonds is 1. The van der Waals surface area contributed by atoms with Gasteiger partial charge in [-0.3, -0.25) is 4.99 Å². The standard InChI is InChI=1S/C11H12F2N2/c12-8-4-3-5-9(11(8)13)15-10-6-1-2-7-14-10/h3-5H,1-2,6-7H2,(H,14,15). The predicted octanol–water partition coefficient (Wildman–Crippen LogP) is 2.96. The molecule has 0 spiro atoms. The summed E-state index contributed by atoms with van der Waals surface area (Å²) < 4.78 is 26.1. The van der Waals surface area contributed by atoms with Crippen LogP contribution >= 0.6 is 0 Å². The molecule has 0 radical (unpaired) electrons. The lowest BCUT2D eigenvalue weighted by molar-refractivity contribution is 0.512. The van der Waals surface area contributed by atoms with Crippen molar-refractivity contribution < 1.29 is 8.78 Å². The smallest absolute Gasteiger partial charge is 0.182 e. The normalized spacial score (nSPS) is 16.0. The molecule has 4 heteroatoms. The minimum atomic E-state index is -0.842. The third-order valence-electron chi connectivity index (χ3n) is 2.35. The van der Waals surface area contributed by atoms with Crippen molar-refractivity contribution >= 4 is 11.5 Å². The van der Waals surface area contributed by atoms with Crippen LogP contribution in [0.2, 0.25) is 0 Å². The van der Waals surface area contributed by atoms with Crippen molar-refractivity contribution in [2.24, 2.45) is 4.99 Å². The number of nitrogens with one attached hydrogen (secondary N) is 1. The first-order valence-corrected chi connectivity index (χ1v) is 5.02. The van der Waals surface area contributed by atoms with Crippen LogP contribution in [0.3, 0.4) is 0 Å². The van der Waals surface area contributed by atoms with Crippen LogP contribution in [-0.4, -0.2) is 12.4 Å². The molecule has 2 nitrogen and oxygen atoms in total. The largest absolute Gasteiger partial charge is 0.342 e. The van der Waals surface area contributed by atoms with Crippen molar-refractivity contribution in [1.82, 2.24) is 0 Å². The maximum absolute atomic E-state index is 13.3. The van der Waals surface area contributed by atoms with Crippen molar-refractivity contribution in [2.75, 3.05) is 11.9 Å². The van der Waals surface area contributed by atoms with Gasteiger partial charge in [0.05, 0.1) is 5.69 Å². The van der Waals surface area contributed by atoms with Crippen LogP contribution in [0.5, 0.6) is 0 Å². The van der Waals surface area contributed by atoms with E-state index in [9.17, 15) is 8.78 Å². The van der Waals surface area contributed by atoms with Gasteiger partial charge in [0.1, 0.15) is 5.84 Å². The summed E-state index contributed by atoms with van der Waals surface area (Å²) in [5.74, 6) is -0.937. The molecule has 1 heterocycles. The highest BCUT2D eigenvalue weighted by Gasteiger charge is 2.10. The van der Waals surface area contributed by atoms with Crippen LogP contribution in [0.15, 0.2) is 23.2 Å². The molecule has 1 aliphatic rings. The zero-order valence-corrected chi connectivity index (χ0v) is 8.26. The number of hydrogen-bond donors (Lipinski definition) is 1. The van der Waals surface area contributed by atoms with Gasteiger partial charge >= 0.3 is 0 Å². The van der Waals surface area contributed by atoms with Crippen LogP contribution in [-0.2, 0) is 0 Å². The monoisotopic (exact) mass is 210 g/mol. The molecule has 1 N–H and O–H groups in total. The lowest BCUT2D eigenvalue weighted by Gasteiger charge is -2.14. The van der Waals surface area contributed by atoms with Gasteiger partial charge in [-0.2, -0.15) is 0 Å². The quantitative estimate of drug-likeness (QED) is 0.757. The van der Waals surface area contributed by atoms with E-state index < -0.39 is 11.6 Å². The van der Waals surface area contributed by atoms with E-state index in [1.165, 1.54) is 12.1 Å². The van der Waals surface area contributed by atoms with E-state index in [1.807, 2.05) is 0 Å². The zero-order chi connectivity index (χ0) is 10.7. The highest BCUT2D eigenvalue weighted by molar-refractivity contribution is 5.95. The molecule has 0 fully saturated rings. The first-order valence-electron chi connectivity index (χ1n) is 5.02. The average molecular weight is 210 g/mol. The van der Waals surface area contributed by atoms with Gasteiger partial charge in [0.25, 0.3) is 0 Å². The summed E-state index contributed by atoms with van der Waals surface area (Å²) in [5.41, 5.74) is 0.163. The molecular formula is C11H12F2N2. The number of benzene rings is 1. The number of halogens is 2. The number of nitrogens with zero attached hydrogens (tertiary/aromatic N) is 1. The van der Waals surface area contributed by atoms with Crippen LogP contribution in [0.4, 0.5) is 14.5 Å². The molecule has 80 valence electrons. The second kappa shape index (κ2) is 4.38. The Kier molecular flexibility index (Phi) is 2.94. The summed E-state index contributed by atoms with van der Waals surface area (Å²) in [7, 11) is 0. The fourth-order valence-electron chi connectivity index (χ4n) is 1.56. The summed E-state index contributed by atoms with van der Waals surface area (Å²) in [5, 5.41) is 2.82. The van der Waals surface area contributed by atoms with Crippen molar-refractivity contribution in [3.8, 4) is 0 Å². The minimum absolute atomic E-state index is 0.163. The van der Waals surface area contributed by atoms with Gasteiger partial charge in [0.15, 0.2) is 11.6 Å². The molecule has 0 unspecified atom stereocenters. The van der Waals surface area contributed by atoms with Crippen LogP contribution in [0.1, 0.15) is 19.3 Å². The second-order valence-corrected chi connectivity index (χ2v) is 3.51. The molecular weight excluding hydrogens is 198 g/mol. The molecule has 1 aromatic carbocycles. The molecule has 0 amide bonds. The minimum Gasteiger partial charge on any atom is -0.342 e. The van der Waals surface area contributed by atoms with E-state index in [1.54, 1.807) is 0 Å². The summed E-state index contributed by atoms with van der Waals surface area (Å²) >= 11 is 0. The first-order chi connectivity index (χ1) is 7.27. The van der Waals surface area contributed by atoms with Gasteiger partial charge in [0.2, 0.25) is 0 Å². The summed E-state index contributed by atoms with van der Waals surface area (Å²) in [4.78, 5) is 4.21. The topological polar surface area (TPSA) is 24.4 Å². The third kappa shape index (κ3) is 2.32. The fraction of sp³-hybridized carbons (Fsp3) is 0.364. The van der Waals surface area contributed by atoms with Gasteiger partial charge < -0.3 is 5.32 Å². The highest BCUT2D eigenvalue weighted by Crippen LogP contribution is 2.18. The van der Waals surface area contributed by atoms with Crippen molar-refractivity contribution in [3.63, 3.8) is 0 Å². The van der Waals surface area contributed by atoms with E-state index >= 15 is 0 Å². The fourth-order valence-corrected chi connectivity index (χ4v) is 1.56. The molecule has 15 heavy (non-hydrogen) atoms. The number of hydrogen-bond acceptors (Lipinski definition) is 2. The molecule has 0 saturated heterocycles. The maximum atomic E-state index is 13.3. The predicted molar refractivity (Wildman–Crippen MR) is 56.1 cm³/mol. The van der Waals surface area contributed by atoms with Crippen molar-refractivity contribution in [1.29, 1.82) is 0 Å². The zero-order valence-electron chi connectivity index (χ0n) is 8.26. The third-order valence-corrected chi connectivity index (χ3v) is 2.35. The summed E-state index contributed by atoms with van der Waals surface area (Å²) in [6.45, 7) is 0.763. The molecule has 0 saturated carbocycles. The Morgan fingerprint density at radius 3 is 2.80 bits per heavy atom. The van der Waals surface area contributed by atoms with Gasteiger partial charge in [-0.15, -0.1) is 0 Å². The molecule has 1 aliphatic heterocycles. The molecule has 0 atom stereocenters. The van der Waals surface area contributed by atoms with Gasteiger partial charge in [-0.25, -0.2) is 8.78 Å². The average Bonchev–Trinajstić information content (AvgIpc) is 2.26. The molecule has 1 aromatic rings. The summed E-state index contributed by atoms with van der Waals surface area (Å²) in [6.07, 6.45) is 2.91. The molecule has 0 aliphatic carbocycles. The second-order valence-electron chi connectivity index (χ2n) is 3.51. The Bertz CT molecular complexity index is 388. The van der Waals surface area contributed by atoms with Crippen LogP contribution < -0.4 is 5.32 Å². The van der Waals surface area contributed by atoms with E-state index in [0.717, 1.165) is 37.7 Å². The number of anilines is 1. The van der Waals surface area contributed by atoms with E-state index in [2.05, 4.69) is 10.3 Å². The Morgan fingerprint density at radius 1 is 1.20 bits per heavy atom. The number of amidine groups is 1. The maximum Gasteiger partial charge on any atom is 0.182 e. The Balaban J connectivity index is 2.16. The first kappa shape index (κ1) is 10.1. The molecule has 0 aromatic heterocycles. The lowest BCUT2D eigenvalue weighted by Crippen LogP contribution is -2.17. The van der Waals surface area contributed by atoms with E-state index in [0.29, 0.717) is 0 Å². The van der Waals surface area contributed by atoms with E-state index in [-0.39, 0.29) is 5.69 Å².